The number of nitrogens with one attached hydrogen (secondary N) is 3. The van der Waals surface area contributed by atoms with Crippen molar-refractivity contribution in [1.82, 2.24) is 25.8 Å². The van der Waals surface area contributed by atoms with Gasteiger partial charge < -0.3 is 10.6 Å². The quantitative estimate of drug-likeness (QED) is 0.703. The van der Waals surface area contributed by atoms with E-state index in [1.165, 1.54) is 0 Å². The molecule has 6 heteroatoms. The molecule has 0 aliphatic carbocycles. The summed E-state index contributed by atoms with van der Waals surface area (Å²) < 4.78 is 0. The summed E-state index contributed by atoms with van der Waals surface area (Å²) >= 11 is 0. The molecule has 17 heavy (non-hydrogen) atoms. The van der Waals surface area contributed by atoms with E-state index in [2.05, 4.69) is 32.7 Å². The highest BCUT2D eigenvalue weighted by atomic mass is 16.2. The predicted octanol–water partition coefficient (Wildman–Crippen LogP) is 0.237. The predicted molar refractivity (Wildman–Crippen MR) is 63.7 cm³/mol. The number of piperidine rings is 1. The van der Waals surface area contributed by atoms with Gasteiger partial charge in [0.25, 0.3) is 5.91 Å². The third kappa shape index (κ3) is 3.03. The van der Waals surface area contributed by atoms with Crippen molar-refractivity contribution in [2.24, 2.45) is 0 Å². The maximum Gasteiger partial charge on any atom is 0.291 e. The van der Waals surface area contributed by atoms with Gasteiger partial charge in [-0.15, -0.1) is 5.10 Å². The minimum atomic E-state index is -0.181. The van der Waals surface area contributed by atoms with E-state index in [0.717, 1.165) is 31.6 Å². The Morgan fingerprint density at radius 2 is 2.41 bits per heavy atom. The van der Waals surface area contributed by atoms with Crippen molar-refractivity contribution >= 4 is 5.91 Å². The largest absolute Gasteiger partial charge is 0.346 e. The highest BCUT2D eigenvalue weighted by molar-refractivity contribution is 5.90. The summed E-state index contributed by atoms with van der Waals surface area (Å²) in [6.45, 7) is 5.04. The Morgan fingerprint density at radius 3 is 3.06 bits per heavy atom. The van der Waals surface area contributed by atoms with Gasteiger partial charge in [-0.1, -0.05) is 6.92 Å². The van der Waals surface area contributed by atoms with Crippen LogP contribution in [0, 0.1) is 0 Å². The van der Waals surface area contributed by atoms with Gasteiger partial charge in [0.1, 0.15) is 5.82 Å². The van der Waals surface area contributed by atoms with Crippen LogP contribution in [0.3, 0.4) is 0 Å². The maximum absolute atomic E-state index is 11.9. The van der Waals surface area contributed by atoms with Crippen LogP contribution >= 0.6 is 0 Å². The average molecular weight is 237 g/mol. The van der Waals surface area contributed by atoms with Crippen molar-refractivity contribution in [1.29, 1.82) is 0 Å². The van der Waals surface area contributed by atoms with E-state index in [0.29, 0.717) is 6.04 Å². The fourth-order valence-electron chi connectivity index (χ4n) is 2.07. The Bertz CT molecular complexity index is 389. The zero-order chi connectivity index (χ0) is 12.3. The van der Waals surface area contributed by atoms with Gasteiger partial charge in [0.15, 0.2) is 0 Å². The second-order valence-corrected chi connectivity index (χ2v) is 4.51. The number of nitrogens with zero attached hydrogens (tertiary/aromatic N) is 2. The molecule has 0 radical (unpaired) electrons. The number of H-pyrrole nitrogens is 1. The number of amides is 1. The van der Waals surface area contributed by atoms with Crippen LogP contribution < -0.4 is 10.6 Å². The lowest BCUT2D eigenvalue weighted by atomic mass is 10.0. The molecule has 2 rings (SSSR count). The first kappa shape index (κ1) is 12.0. The SMILES string of the molecule is CCc1nc(C(=O)NC2CCNC(C)C2)n[nH]1. The Morgan fingerprint density at radius 1 is 1.59 bits per heavy atom. The van der Waals surface area contributed by atoms with Gasteiger partial charge in [0.2, 0.25) is 5.82 Å². The molecule has 0 aromatic carbocycles. The normalized spacial score (nSPS) is 24.6. The highest BCUT2D eigenvalue weighted by Crippen LogP contribution is 2.08. The van der Waals surface area contributed by atoms with Gasteiger partial charge in [-0.25, -0.2) is 4.98 Å². The lowest BCUT2D eigenvalue weighted by Gasteiger charge is -2.28. The molecule has 0 bridgehead atoms. The summed E-state index contributed by atoms with van der Waals surface area (Å²) in [5.41, 5.74) is 0. The molecule has 1 aromatic heterocycles. The van der Waals surface area contributed by atoms with E-state index in [9.17, 15) is 4.79 Å². The average Bonchev–Trinajstić information content (AvgIpc) is 2.77. The fraction of sp³-hybridized carbons (Fsp3) is 0.727. The third-order valence-electron chi connectivity index (χ3n) is 3.03. The molecule has 94 valence electrons. The van der Waals surface area contributed by atoms with Gasteiger partial charge in [0.05, 0.1) is 0 Å². The van der Waals surface area contributed by atoms with Crippen LogP contribution in [-0.4, -0.2) is 39.7 Å². The zero-order valence-corrected chi connectivity index (χ0v) is 10.3. The van der Waals surface area contributed by atoms with E-state index < -0.39 is 0 Å². The van der Waals surface area contributed by atoms with Crippen molar-refractivity contribution in [3.63, 3.8) is 0 Å². The molecule has 2 unspecified atom stereocenters. The van der Waals surface area contributed by atoms with Gasteiger partial charge in [-0.2, -0.15) is 0 Å². The van der Waals surface area contributed by atoms with Crippen LogP contribution in [0.25, 0.3) is 0 Å². The molecule has 6 nitrogen and oxygen atoms in total. The second-order valence-electron chi connectivity index (χ2n) is 4.51. The smallest absolute Gasteiger partial charge is 0.291 e. The summed E-state index contributed by atoms with van der Waals surface area (Å²) in [5, 5.41) is 13.0. The summed E-state index contributed by atoms with van der Waals surface area (Å²) in [5.74, 6) is 0.807. The van der Waals surface area contributed by atoms with Crippen LogP contribution in [0.15, 0.2) is 0 Å². The highest BCUT2D eigenvalue weighted by Gasteiger charge is 2.22. The van der Waals surface area contributed by atoms with E-state index in [1.807, 2.05) is 6.92 Å². The molecule has 1 aliphatic rings. The van der Waals surface area contributed by atoms with Crippen molar-refractivity contribution in [2.45, 2.75) is 45.2 Å². The number of aromatic nitrogens is 3. The van der Waals surface area contributed by atoms with Gasteiger partial charge in [-0.05, 0) is 26.3 Å². The monoisotopic (exact) mass is 237 g/mol. The van der Waals surface area contributed by atoms with E-state index in [1.54, 1.807) is 0 Å². The topological polar surface area (TPSA) is 82.7 Å². The number of aryl methyl sites for hydroxylation is 1. The summed E-state index contributed by atoms with van der Waals surface area (Å²) in [6, 6.07) is 0.676. The van der Waals surface area contributed by atoms with Gasteiger partial charge in [-0.3, -0.25) is 9.89 Å². The van der Waals surface area contributed by atoms with E-state index in [4.69, 9.17) is 0 Å². The second kappa shape index (κ2) is 5.27. The first-order valence-electron chi connectivity index (χ1n) is 6.14. The first-order valence-corrected chi connectivity index (χ1v) is 6.14. The molecule has 1 amide bonds. The Kier molecular flexibility index (Phi) is 3.73. The third-order valence-corrected chi connectivity index (χ3v) is 3.03. The summed E-state index contributed by atoms with van der Waals surface area (Å²) in [6.07, 6.45) is 2.67. The van der Waals surface area contributed by atoms with E-state index >= 15 is 0 Å². The molecular weight excluding hydrogens is 218 g/mol. The molecular formula is C11H19N5O. The molecule has 0 saturated carbocycles. The molecule has 1 aliphatic heterocycles. The number of hydrogen-bond donors (Lipinski definition) is 3. The Balaban J connectivity index is 1.92. The van der Waals surface area contributed by atoms with Gasteiger partial charge >= 0.3 is 0 Å². The first-order chi connectivity index (χ1) is 8.19. The molecule has 1 fully saturated rings. The summed E-state index contributed by atoms with van der Waals surface area (Å²) in [7, 11) is 0. The number of hydrogen-bond acceptors (Lipinski definition) is 4. The number of aromatic amines is 1. The van der Waals surface area contributed by atoms with Crippen LogP contribution in [-0.2, 0) is 6.42 Å². The van der Waals surface area contributed by atoms with Crippen LogP contribution in [0.4, 0.5) is 0 Å². The van der Waals surface area contributed by atoms with E-state index in [-0.39, 0.29) is 17.8 Å². The van der Waals surface area contributed by atoms with Crippen molar-refractivity contribution in [3.8, 4) is 0 Å². The molecule has 1 saturated heterocycles. The van der Waals surface area contributed by atoms with Crippen molar-refractivity contribution in [2.75, 3.05) is 6.54 Å². The van der Waals surface area contributed by atoms with Crippen molar-refractivity contribution in [3.05, 3.63) is 11.6 Å². The molecule has 2 atom stereocenters. The van der Waals surface area contributed by atoms with Crippen LogP contribution in [0.2, 0.25) is 0 Å². The zero-order valence-electron chi connectivity index (χ0n) is 10.3. The lowest BCUT2D eigenvalue weighted by Crippen LogP contribution is -2.46. The van der Waals surface area contributed by atoms with Gasteiger partial charge in [0, 0.05) is 18.5 Å². The minimum Gasteiger partial charge on any atom is -0.346 e. The summed E-state index contributed by atoms with van der Waals surface area (Å²) in [4.78, 5) is 16.0. The molecule has 1 aromatic rings. The maximum atomic E-state index is 11.9. The molecule has 3 N–H and O–H groups in total. The minimum absolute atomic E-state index is 0.181. The standard InChI is InChI=1S/C11H19N5O/c1-3-9-14-10(16-15-9)11(17)13-8-4-5-12-7(2)6-8/h7-8,12H,3-6H2,1-2H3,(H,13,17)(H,14,15,16). The van der Waals surface area contributed by atoms with Crippen molar-refractivity contribution < 1.29 is 4.79 Å². The molecule has 2 heterocycles. The van der Waals surface area contributed by atoms with Crippen LogP contribution in [0.5, 0.6) is 0 Å². The Labute approximate surface area is 101 Å². The Hall–Kier alpha value is -1.43. The van der Waals surface area contributed by atoms with Crippen LogP contribution in [0.1, 0.15) is 43.1 Å². The number of rotatable bonds is 3. The number of carbonyl (C=O) groups excluding carboxylic acids is 1. The number of carbonyl (C=O) groups is 1. The molecule has 0 spiro atoms. The lowest BCUT2D eigenvalue weighted by molar-refractivity contribution is 0.0915. The fourth-order valence-corrected chi connectivity index (χ4v) is 2.07.